The molecule has 2 nitrogen and oxygen atoms in total. The number of nitrogens with one attached hydrogen (secondary N) is 1. The number of nitrogens with zero attached hydrogens (tertiary/aromatic N) is 1. The third kappa shape index (κ3) is 2.83. The maximum Gasteiger partial charge on any atom is 0.130 e. The van der Waals surface area contributed by atoms with E-state index in [1.165, 1.54) is 12.8 Å². The van der Waals surface area contributed by atoms with Crippen LogP contribution in [0.3, 0.4) is 0 Å². The normalized spacial score (nSPS) is 16.7. The fraction of sp³-hybridized carbons (Fsp3) is 0.600. The first-order chi connectivity index (χ1) is 8.67. The molecule has 1 aliphatic rings. The van der Waals surface area contributed by atoms with Gasteiger partial charge in [0.1, 0.15) is 5.82 Å². The molecule has 0 saturated heterocycles. The first-order valence-corrected chi connectivity index (χ1v) is 6.88. The standard InChI is InChI=1S/C15H23FN2/c1-4-18(10-12-8-9-12)14-7-5-6-13(16)15(14)11(2)17-3/h5-7,11-12,17H,4,8-10H2,1-3H3. The minimum Gasteiger partial charge on any atom is -0.371 e. The summed E-state index contributed by atoms with van der Waals surface area (Å²) in [5, 5.41) is 3.14. The van der Waals surface area contributed by atoms with Crippen LogP contribution in [0, 0.1) is 11.7 Å². The van der Waals surface area contributed by atoms with Crippen molar-refractivity contribution >= 4 is 5.69 Å². The van der Waals surface area contributed by atoms with Crippen LogP contribution in [0.4, 0.5) is 10.1 Å². The van der Waals surface area contributed by atoms with Crippen molar-refractivity contribution in [2.75, 3.05) is 25.0 Å². The van der Waals surface area contributed by atoms with E-state index < -0.39 is 0 Å². The van der Waals surface area contributed by atoms with Crippen molar-refractivity contribution in [3.05, 3.63) is 29.6 Å². The Balaban J connectivity index is 2.31. The SMILES string of the molecule is CCN(CC1CC1)c1cccc(F)c1C(C)NC. The van der Waals surface area contributed by atoms with Crippen molar-refractivity contribution in [3.63, 3.8) is 0 Å². The number of halogens is 1. The van der Waals surface area contributed by atoms with Crippen LogP contribution >= 0.6 is 0 Å². The van der Waals surface area contributed by atoms with Gasteiger partial charge in [0.05, 0.1) is 0 Å². The zero-order chi connectivity index (χ0) is 13.1. The summed E-state index contributed by atoms with van der Waals surface area (Å²) in [4.78, 5) is 2.31. The molecule has 2 rings (SSSR count). The summed E-state index contributed by atoms with van der Waals surface area (Å²) in [7, 11) is 1.87. The number of hydrogen-bond acceptors (Lipinski definition) is 2. The Morgan fingerprint density at radius 1 is 1.44 bits per heavy atom. The quantitative estimate of drug-likeness (QED) is 0.833. The van der Waals surface area contributed by atoms with Gasteiger partial charge in [-0.05, 0) is 51.8 Å². The van der Waals surface area contributed by atoms with Crippen molar-refractivity contribution < 1.29 is 4.39 Å². The first-order valence-electron chi connectivity index (χ1n) is 6.88. The summed E-state index contributed by atoms with van der Waals surface area (Å²) < 4.78 is 14.1. The third-order valence-electron chi connectivity index (χ3n) is 3.79. The molecule has 1 fully saturated rings. The van der Waals surface area contributed by atoms with Gasteiger partial charge in [-0.3, -0.25) is 0 Å². The lowest BCUT2D eigenvalue weighted by atomic mass is 10.0. The molecule has 0 spiro atoms. The molecule has 0 amide bonds. The van der Waals surface area contributed by atoms with Crippen LogP contribution in [0.1, 0.15) is 38.3 Å². The first kappa shape index (κ1) is 13.3. The van der Waals surface area contributed by atoms with Gasteiger partial charge in [-0.25, -0.2) is 4.39 Å². The van der Waals surface area contributed by atoms with E-state index in [9.17, 15) is 4.39 Å². The number of rotatable bonds is 6. The van der Waals surface area contributed by atoms with Gasteiger partial charge in [0.15, 0.2) is 0 Å². The number of anilines is 1. The average Bonchev–Trinajstić information content (AvgIpc) is 3.18. The Morgan fingerprint density at radius 2 is 2.17 bits per heavy atom. The summed E-state index contributed by atoms with van der Waals surface area (Å²) in [5.74, 6) is 0.703. The van der Waals surface area contributed by atoms with Gasteiger partial charge in [-0.2, -0.15) is 0 Å². The van der Waals surface area contributed by atoms with E-state index in [-0.39, 0.29) is 11.9 Å². The molecule has 1 aromatic carbocycles. The molecule has 0 bridgehead atoms. The summed E-state index contributed by atoms with van der Waals surface area (Å²) >= 11 is 0. The van der Waals surface area contributed by atoms with Gasteiger partial charge in [0, 0.05) is 30.4 Å². The Hall–Kier alpha value is -1.09. The van der Waals surface area contributed by atoms with Crippen molar-refractivity contribution in [3.8, 4) is 0 Å². The van der Waals surface area contributed by atoms with E-state index in [0.717, 1.165) is 30.3 Å². The van der Waals surface area contributed by atoms with Crippen molar-refractivity contribution in [1.29, 1.82) is 0 Å². The maximum absolute atomic E-state index is 14.1. The van der Waals surface area contributed by atoms with Crippen LogP contribution in [0.25, 0.3) is 0 Å². The van der Waals surface area contributed by atoms with Crippen molar-refractivity contribution in [1.82, 2.24) is 5.32 Å². The van der Waals surface area contributed by atoms with Crippen LogP contribution in [0.2, 0.25) is 0 Å². The second-order valence-corrected chi connectivity index (χ2v) is 5.17. The molecular formula is C15H23FN2. The van der Waals surface area contributed by atoms with Crippen molar-refractivity contribution in [2.45, 2.75) is 32.7 Å². The Morgan fingerprint density at radius 3 is 2.72 bits per heavy atom. The molecule has 3 heteroatoms. The van der Waals surface area contributed by atoms with Crippen LogP contribution in [-0.4, -0.2) is 20.1 Å². The molecule has 1 atom stereocenters. The minimum atomic E-state index is -0.108. The minimum absolute atomic E-state index is 0.0365. The lowest BCUT2D eigenvalue weighted by Gasteiger charge is -2.28. The Labute approximate surface area is 109 Å². The Bertz CT molecular complexity index is 401. The lowest BCUT2D eigenvalue weighted by Crippen LogP contribution is -2.28. The summed E-state index contributed by atoms with van der Waals surface area (Å²) in [6.45, 7) is 6.14. The van der Waals surface area contributed by atoms with E-state index >= 15 is 0 Å². The zero-order valence-corrected chi connectivity index (χ0v) is 11.5. The third-order valence-corrected chi connectivity index (χ3v) is 3.79. The largest absolute Gasteiger partial charge is 0.371 e. The molecule has 0 aromatic heterocycles. The van der Waals surface area contributed by atoms with E-state index in [0.29, 0.717) is 0 Å². The fourth-order valence-corrected chi connectivity index (χ4v) is 2.38. The van der Waals surface area contributed by atoms with Gasteiger partial charge in [0.25, 0.3) is 0 Å². The predicted molar refractivity (Wildman–Crippen MR) is 74.5 cm³/mol. The maximum atomic E-state index is 14.1. The van der Waals surface area contributed by atoms with E-state index in [4.69, 9.17) is 0 Å². The highest BCUT2D eigenvalue weighted by Crippen LogP contribution is 2.34. The van der Waals surface area contributed by atoms with Gasteiger partial charge >= 0.3 is 0 Å². The van der Waals surface area contributed by atoms with E-state index in [1.54, 1.807) is 6.07 Å². The fourth-order valence-electron chi connectivity index (χ4n) is 2.38. The lowest BCUT2D eigenvalue weighted by molar-refractivity contribution is 0.559. The summed E-state index contributed by atoms with van der Waals surface area (Å²) in [6, 6.07) is 5.44. The monoisotopic (exact) mass is 250 g/mol. The Kier molecular flexibility index (Phi) is 4.23. The van der Waals surface area contributed by atoms with Gasteiger partial charge < -0.3 is 10.2 Å². The molecular weight excluding hydrogens is 227 g/mol. The highest BCUT2D eigenvalue weighted by Gasteiger charge is 2.26. The molecule has 1 unspecified atom stereocenters. The summed E-state index contributed by atoms with van der Waals surface area (Å²) in [5.41, 5.74) is 1.84. The van der Waals surface area contributed by atoms with Crippen LogP contribution in [0.5, 0.6) is 0 Å². The second kappa shape index (κ2) is 5.70. The molecule has 0 heterocycles. The highest BCUT2D eigenvalue weighted by molar-refractivity contribution is 5.55. The predicted octanol–water partition coefficient (Wildman–Crippen LogP) is 3.34. The molecule has 1 N–H and O–H groups in total. The zero-order valence-electron chi connectivity index (χ0n) is 11.5. The average molecular weight is 250 g/mol. The van der Waals surface area contributed by atoms with Gasteiger partial charge in [-0.1, -0.05) is 6.07 Å². The topological polar surface area (TPSA) is 15.3 Å². The van der Waals surface area contributed by atoms with Crippen molar-refractivity contribution in [2.24, 2.45) is 5.92 Å². The van der Waals surface area contributed by atoms with Crippen LogP contribution < -0.4 is 10.2 Å². The smallest absolute Gasteiger partial charge is 0.130 e. The molecule has 0 aliphatic heterocycles. The highest BCUT2D eigenvalue weighted by atomic mass is 19.1. The van der Waals surface area contributed by atoms with Gasteiger partial charge in [-0.15, -0.1) is 0 Å². The van der Waals surface area contributed by atoms with Crippen LogP contribution in [-0.2, 0) is 0 Å². The van der Waals surface area contributed by atoms with E-state index in [2.05, 4.69) is 17.1 Å². The van der Waals surface area contributed by atoms with Crippen LogP contribution in [0.15, 0.2) is 18.2 Å². The number of benzene rings is 1. The van der Waals surface area contributed by atoms with E-state index in [1.807, 2.05) is 26.1 Å². The molecule has 100 valence electrons. The molecule has 18 heavy (non-hydrogen) atoms. The molecule has 1 aromatic rings. The van der Waals surface area contributed by atoms with Gasteiger partial charge in [0.2, 0.25) is 0 Å². The second-order valence-electron chi connectivity index (χ2n) is 5.17. The number of hydrogen-bond donors (Lipinski definition) is 1. The molecule has 1 saturated carbocycles. The molecule has 1 aliphatic carbocycles. The summed E-state index contributed by atoms with van der Waals surface area (Å²) in [6.07, 6.45) is 2.64. The molecule has 0 radical (unpaired) electrons.